The van der Waals surface area contributed by atoms with Crippen molar-refractivity contribution in [2.45, 2.75) is 31.1 Å². The molecule has 11 nitrogen and oxygen atoms in total. The lowest BCUT2D eigenvalue weighted by molar-refractivity contribution is -0.0244. The van der Waals surface area contributed by atoms with Crippen molar-refractivity contribution in [3.05, 3.63) is 60.4 Å². The third kappa shape index (κ3) is 4.26. The van der Waals surface area contributed by atoms with E-state index in [9.17, 15) is 14.8 Å². The highest BCUT2D eigenvalue weighted by Gasteiger charge is 2.43. The minimum Gasteiger partial charge on any atom is -0.387 e. The van der Waals surface area contributed by atoms with Gasteiger partial charge < -0.3 is 30.1 Å². The summed E-state index contributed by atoms with van der Waals surface area (Å²) >= 11 is 0. The van der Waals surface area contributed by atoms with Gasteiger partial charge in [0.05, 0.1) is 6.33 Å². The Kier molecular flexibility index (Phi) is 5.65. The molecular weight excluding hydrogens is 413 g/mol. The summed E-state index contributed by atoms with van der Waals surface area (Å²) in [6.07, 6.45) is -1.10. The van der Waals surface area contributed by atoms with Crippen LogP contribution in [0.3, 0.4) is 0 Å². The molecule has 4 atom stereocenters. The second-order valence-electron chi connectivity index (χ2n) is 6.79. The van der Waals surface area contributed by atoms with E-state index < -0.39 is 32.1 Å². The smallest absolute Gasteiger partial charge is 0.348 e. The molecule has 0 unspecified atom stereocenters. The zero-order chi connectivity index (χ0) is 21.3. The highest BCUT2D eigenvalue weighted by atomic mass is 31.2. The molecule has 30 heavy (non-hydrogen) atoms. The van der Waals surface area contributed by atoms with Crippen molar-refractivity contribution in [1.82, 2.24) is 19.5 Å². The Bertz CT molecular complexity index is 1100. The zero-order valence-electron chi connectivity index (χ0n) is 15.6. The summed E-state index contributed by atoms with van der Waals surface area (Å²) in [4.78, 5) is 30.7. The number of aliphatic hydroxyl groups is 2. The van der Waals surface area contributed by atoms with Gasteiger partial charge in [-0.3, -0.25) is 9.13 Å². The number of nitrogens with zero attached hydrogens (tertiary/aromatic N) is 4. The van der Waals surface area contributed by atoms with E-state index in [1.807, 2.05) is 30.3 Å². The Balaban J connectivity index is 1.58. The standard InChI is InChI=1S/C18H20N5O6P/c24-14-12(6-7-30(26,27)28)29-18(15(14)25)23-10-22-13-16(20-9-21-17(13)23)19-8-11-4-2-1-3-5-11/h1-7,9-10,12,14-15,18,24-25H,8H2,(H,19,20,21)(H2,26,27,28)/b7-6+/t12-,14-,15-,18-/m1/s1. The second kappa shape index (κ2) is 8.23. The summed E-state index contributed by atoms with van der Waals surface area (Å²) in [7, 11) is -4.42. The molecule has 0 bridgehead atoms. The molecule has 1 aliphatic rings. The summed E-state index contributed by atoms with van der Waals surface area (Å²) in [5.74, 6) is 1.13. The van der Waals surface area contributed by atoms with Crippen molar-refractivity contribution in [2.24, 2.45) is 0 Å². The van der Waals surface area contributed by atoms with Gasteiger partial charge in [0.2, 0.25) is 0 Å². The molecule has 0 radical (unpaired) electrons. The van der Waals surface area contributed by atoms with Crippen molar-refractivity contribution >= 4 is 24.6 Å². The first-order valence-corrected chi connectivity index (χ1v) is 10.7. The fourth-order valence-corrected chi connectivity index (χ4v) is 3.61. The molecule has 3 heterocycles. The van der Waals surface area contributed by atoms with Crippen LogP contribution in [0.15, 0.2) is 54.9 Å². The Morgan fingerprint density at radius 2 is 1.90 bits per heavy atom. The number of benzene rings is 1. The summed E-state index contributed by atoms with van der Waals surface area (Å²) in [5.41, 5.74) is 1.88. The number of anilines is 1. The number of aromatic nitrogens is 4. The first-order chi connectivity index (χ1) is 14.3. The van der Waals surface area contributed by atoms with Crippen molar-refractivity contribution in [2.75, 3.05) is 5.32 Å². The van der Waals surface area contributed by atoms with Crippen molar-refractivity contribution < 1.29 is 29.3 Å². The van der Waals surface area contributed by atoms with E-state index in [2.05, 4.69) is 20.3 Å². The van der Waals surface area contributed by atoms with Gasteiger partial charge in [0.1, 0.15) is 24.6 Å². The van der Waals surface area contributed by atoms with Gasteiger partial charge in [-0.05, 0) is 11.6 Å². The lowest BCUT2D eigenvalue weighted by Gasteiger charge is -2.16. The lowest BCUT2D eigenvalue weighted by atomic mass is 10.1. The Labute approximate surface area is 170 Å². The summed E-state index contributed by atoms with van der Waals surface area (Å²) in [5, 5.41) is 23.8. The van der Waals surface area contributed by atoms with Gasteiger partial charge in [-0.2, -0.15) is 0 Å². The first kappa shape index (κ1) is 20.6. The van der Waals surface area contributed by atoms with E-state index in [0.29, 0.717) is 29.3 Å². The van der Waals surface area contributed by atoms with Crippen molar-refractivity contribution in [3.8, 4) is 0 Å². The molecule has 0 saturated carbocycles. The summed E-state index contributed by atoms with van der Waals surface area (Å²) in [6, 6.07) is 9.74. The van der Waals surface area contributed by atoms with E-state index in [0.717, 1.165) is 11.6 Å². The molecule has 1 aliphatic heterocycles. The third-order valence-corrected chi connectivity index (χ3v) is 5.24. The summed E-state index contributed by atoms with van der Waals surface area (Å²) < 4.78 is 18.1. The lowest BCUT2D eigenvalue weighted by Crippen LogP contribution is -2.30. The molecule has 5 N–H and O–H groups in total. The van der Waals surface area contributed by atoms with Crippen LogP contribution in [0.25, 0.3) is 11.2 Å². The Morgan fingerprint density at radius 3 is 2.63 bits per heavy atom. The van der Waals surface area contributed by atoms with Crippen LogP contribution in [0.5, 0.6) is 0 Å². The molecule has 1 saturated heterocycles. The molecular formula is C18H20N5O6P. The van der Waals surface area contributed by atoms with Crippen LogP contribution in [0.1, 0.15) is 11.8 Å². The van der Waals surface area contributed by atoms with Crippen LogP contribution in [0.4, 0.5) is 5.82 Å². The molecule has 158 valence electrons. The van der Waals surface area contributed by atoms with Crippen LogP contribution in [0.2, 0.25) is 0 Å². The normalized spacial score (nSPS) is 24.7. The number of hydrogen-bond acceptors (Lipinski definition) is 8. The van der Waals surface area contributed by atoms with E-state index in [4.69, 9.17) is 14.5 Å². The molecule has 12 heteroatoms. The highest BCUT2D eigenvalue weighted by Crippen LogP contribution is 2.38. The number of hydrogen-bond donors (Lipinski definition) is 5. The molecule has 0 spiro atoms. The SMILES string of the molecule is O=P(O)(O)/C=C/[C@H]1O[C@@H](n2cnc3c(NCc4ccccc4)ncnc32)[C@H](O)[C@@H]1O. The van der Waals surface area contributed by atoms with Gasteiger partial charge in [0.15, 0.2) is 23.2 Å². The average Bonchev–Trinajstić information content (AvgIpc) is 3.27. The first-order valence-electron chi connectivity index (χ1n) is 9.05. The van der Waals surface area contributed by atoms with Crippen LogP contribution in [-0.2, 0) is 15.8 Å². The number of fused-ring (bicyclic) bond motifs is 1. The maximum Gasteiger partial charge on any atom is 0.348 e. The molecule has 0 aliphatic carbocycles. The number of aliphatic hydroxyl groups excluding tert-OH is 2. The number of rotatable bonds is 6. The van der Waals surface area contributed by atoms with Crippen LogP contribution < -0.4 is 5.32 Å². The third-order valence-electron chi connectivity index (χ3n) is 4.68. The molecule has 2 aromatic heterocycles. The highest BCUT2D eigenvalue weighted by molar-refractivity contribution is 7.55. The van der Waals surface area contributed by atoms with Crippen molar-refractivity contribution in [1.29, 1.82) is 0 Å². The monoisotopic (exact) mass is 433 g/mol. The number of imidazole rings is 1. The van der Waals surface area contributed by atoms with Gasteiger partial charge in [0, 0.05) is 12.4 Å². The minimum atomic E-state index is -4.42. The maximum absolute atomic E-state index is 11.0. The molecule has 3 aromatic rings. The van der Waals surface area contributed by atoms with Gasteiger partial charge in [-0.1, -0.05) is 30.3 Å². The maximum atomic E-state index is 11.0. The van der Waals surface area contributed by atoms with Crippen LogP contribution in [-0.4, -0.2) is 57.8 Å². The molecule has 4 rings (SSSR count). The van der Waals surface area contributed by atoms with E-state index in [1.165, 1.54) is 17.2 Å². The van der Waals surface area contributed by atoms with Crippen LogP contribution in [0, 0.1) is 0 Å². The average molecular weight is 433 g/mol. The quantitative estimate of drug-likeness (QED) is 0.351. The minimum absolute atomic E-state index is 0.372. The fourth-order valence-electron chi connectivity index (χ4n) is 3.22. The predicted octanol–water partition coefficient (Wildman–Crippen LogP) is 0.749. The van der Waals surface area contributed by atoms with Gasteiger partial charge in [-0.15, -0.1) is 0 Å². The Hall–Kier alpha value is -2.66. The van der Waals surface area contributed by atoms with Crippen molar-refractivity contribution in [3.63, 3.8) is 0 Å². The number of nitrogens with one attached hydrogen (secondary N) is 1. The topological polar surface area (TPSA) is 163 Å². The van der Waals surface area contributed by atoms with E-state index >= 15 is 0 Å². The zero-order valence-corrected chi connectivity index (χ0v) is 16.4. The second-order valence-corrected chi connectivity index (χ2v) is 8.26. The molecule has 1 aromatic carbocycles. The Morgan fingerprint density at radius 1 is 1.13 bits per heavy atom. The predicted molar refractivity (Wildman–Crippen MR) is 106 cm³/mol. The van der Waals surface area contributed by atoms with E-state index in [1.54, 1.807) is 0 Å². The fraction of sp³-hybridized carbons (Fsp3) is 0.278. The molecule has 0 amide bonds. The molecule has 1 fully saturated rings. The largest absolute Gasteiger partial charge is 0.387 e. The summed E-state index contributed by atoms with van der Waals surface area (Å²) in [6.45, 7) is 0.524. The van der Waals surface area contributed by atoms with Gasteiger partial charge in [0.25, 0.3) is 0 Å². The number of ether oxygens (including phenoxy) is 1. The van der Waals surface area contributed by atoms with Gasteiger partial charge >= 0.3 is 7.60 Å². The van der Waals surface area contributed by atoms with E-state index in [-0.39, 0.29) is 0 Å². The van der Waals surface area contributed by atoms with Crippen LogP contribution >= 0.6 is 7.60 Å². The van der Waals surface area contributed by atoms with Gasteiger partial charge in [-0.25, -0.2) is 15.0 Å².